The number of halogens is 1. The second kappa shape index (κ2) is 11.5. The third kappa shape index (κ3) is 6.65. The predicted octanol–water partition coefficient (Wildman–Crippen LogP) is 3.25. The molecule has 0 aromatic carbocycles. The average Bonchev–Trinajstić information content (AvgIpc) is 3.18. The minimum atomic E-state index is 0. The molecule has 0 saturated carbocycles. The van der Waals surface area contributed by atoms with Crippen molar-refractivity contribution in [3.63, 3.8) is 0 Å². The van der Waals surface area contributed by atoms with Crippen molar-refractivity contribution in [3.05, 3.63) is 22.4 Å². The Bertz CT molecular complexity index is 532. The fourth-order valence-electron chi connectivity index (χ4n) is 3.28. The molecule has 2 rings (SSSR count). The molecule has 3 unspecified atom stereocenters. The smallest absolute Gasteiger partial charge is 0.191 e. The molecule has 0 radical (unpaired) electrons. The van der Waals surface area contributed by atoms with Gasteiger partial charge in [0.05, 0.1) is 12.6 Å². The number of thiophene rings is 1. The van der Waals surface area contributed by atoms with Crippen molar-refractivity contribution in [2.24, 2.45) is 10.9 Å². The van der Waals surface area contributed by atoms with Crippen LogP contribution in [0.1, 0.15) is 38.6 Å². The zero-order valence-electron chi connectivity index (χ0n) is 17.0. The molecule has 7 heteroatoms. The van der Waals surface area contributed by atoms with Gasteiger partial charge in [-0.25, -0.2) is 0 Å². The molecule has 1 aromatic rings. The van der Waals surface area contributed by atoms with Crippen LogP contribution in [0.5, 0.6) is 0 Å². The zero-order chi connectivity index (χ0) is 18.4. The lowest BCUT2D eigenvalue weighted by Gasteiger charge is -2.24. The van der Waals surface area contributed by atoms with E-state index in [0.717, 1.165) is 32.1 Å². The topological polar surface area (TPSA) is 42.9 Å². The number of hydrogen-bond donors (Lipinski definition) is 2. The molecule has 2 heterocycles. The summed E-state index contributed by atoms with van der Waals surface area (Å²) in [6, 6.07) is 5.70. The van der Waals surface area contributed by atoms with Crippen molar-refractivity contribution in [1.29, 1.82) is 0 Å². The van der Waals surface area contributed by atoms with Crippen LogP contribution in [-0.2, 0) is 0 Å². The zero-order valence-corrected chi connectivity index (χ0v) is 20.2. The molecule has 2 N–H and O–H groups in total. The Morgan fingerprint density at radius 3 is 2.62 bits per heavy atom. The standard InChI is InChI=1S/C19H35N5S.HI/c1-7-20-19(22-16-13-24(14(2)3)12-15(16)4)21-11-17(23(5)6)18-9-8-10-25-18;/h8-10,14-17H,7,11-13H2,1-6H3,(H2,20,21,22);1H. The number of hydrogen-bond acceptors (Lipinski definition) is 4. The van der Waals surface area contributed by atoms with E-state index in [1.54, 1.807) is 11.3 Å². The molecule has 1 aromatic heterocycles. The molecule has 1 aliphatic heterocycles. The highest BCUT2D eigenvalue weighted by atomic mass is 127. The van der Waals surface area contributed by atoms with Gasteiger partial charge in [-0.1, -0.05) is 13.0 Å². The summed E-state index contributed by atoms with van der Waals surface area (Å²) in [4.78, 5) is 11.1. The van der Waals surface area contributed by atoms with E-state index in [4.69, 9.17) is 4.99 Å². The lowest BCUT2D eigenvalue weighted by molar-refractivity contribution is 0.265. The van der Waals surface area contributed by atoms with E-state index in [-0.39, 0.29) is 24.0 Å². The lowest BCUT2D eigenvalue weighted by atomic mass is 10.1. The molecule has 150 valence electrons. The van der Waals surface area contributed by atoms with Crippen molar-refractivity contribution in [2.45, 2.75) is 45.8 Å². The minimum Gasteiger partial charge on any atom is -0.357 e. The SMILES string of the molecule is CCNC(=NCC(c1cccs1)N(C)C)NC1CN(C(C)C)CC1C.I. The lowest BCUT2D eigenvalue weighted by Crippen LogP contribution is -2.47. The Labute approximate surface area is 180 Å². The summed E-state index contributed by atoms with van der Waals surface area (Å²) in [5.41, 5.74) is 0. The maximum Gasteiger partial charge on any atom is 0.191 e. The van der Waals surface area contributed by atoms with Crippen molar-refractivity contribution >= 4 is 41.3 Å². The van der Waals surface area contributed by atoms with Gasteiger partial charge in [-0.05, 0) is 52.2 Å². The van der Waals surface area contributed by atoms with Crippen molar-refractivity contribution in [1.82, 2.24) is 20.4 Å². The summed E-state index contributed by atoms with van der Waals surface area (Å²) in [5.74, 6) is 1.57. The van der Waals surface area contributed by atoms with Gasteiger partial charge in [-0.3, -0.25) is 9.89 Å². The van der Waals surface area contributed by atoms with Crippen LogP contribution in [0, 0.1) is 5.92 Å². The monoisotopic (exact) mass is 493 g/mol. The van der Waals surface area contributed by atoms with Gasteiger partial charge in [0, 0.05) is 36.6 Å². The molecule has 5 nitrogen and oxygen atoms in total. The van der Waals surface area contributed by atoms with Crippen molar-refractivity contribution in [2.75, 3.05) is 40.3 Å². The van der Waals surface area contributed by atoms with Crippen LogP contribution >= 0.6 is 35.3 Å². The van der Waals surface area contributed by atoms with Gasteiger partial charge in [0.2, 0.25) is 0 Å². The highest BCUT2D eigenvalue weighted by Crippen LogP contribution is 2.23. The number of likely N-dealkylation sites (tertiary alicyclic amines) is 1. The Balaban J connectivity index is 0.00000338. The van der Waals surface area contributed by atoms with Crippen molar-refractivity contribution in [3.8, 4) is 0 Å². The van der Waals surface area contributed by atoms with E-state index in [1.807, 2.05) is 0 Å². The molecule has 0 amide bonds. The van der Waals surface area contributed by atoms with Gasteiger partial charge in [0.1, 0.15) is 0 Å². The Morgan fingerprint density at radius 1 is 1.38 bits per heavy atom. The highest BCUT2D eigenvalue weighted by molar-refractivity contribution is 14.0. The summed E-state index contributed by atoms with van der Waals surface area (Å²) in [6.45, 7) is 12.9. The second-order valence-electron chi connectivity index (χ2n) is 7.49. The van der Waals surface area contributed by atoms with E-state index in [1.165, 1.54) is 4.88 Å². The first-order valence-electron chi connectivity index (χ1n) is 9.41. The number of rotatable bonds is 7. The number of guanidine groups is 1. The molecule has 0 aliphatic carbocycles. The fourth-order valence-corrected chi connectivity index (χ4v) is 4.19. The summed E-state index contributed by atoms with van der Waals surface area (Å²) < 4.78 is 0. The van der Waals surface area contributed by atoms with Gasteiger partial charge < -0.3 is 15.5 Å². The molecule has 26 heavy (non-hydrogen) atoms. The first kappa shape index (κ1) is 23.7. The number of nitrogens with zero attached hydrogens (tertiary/aromatic N) is 3. The Kier molecular flexibility index (Phi) is 10.4. The van der Waals surface area contributed by atoms with Crippen LogP contribution in [0.2, 0.25) is 0 Å². The van der Waals surface area contributed by atoms with Crippen LogP contribution < -0.4 is 10.6 Å². The third-order valence-electron chi connectivity index (χ3n) is 4.95. The fraction of sp³-hybridized carbons (Fsp3) is 0.737. The molecular formula is C19H36IN5S. The van der Waals surface area contributed by atoms with Crippen LogP contribution in [0.25, 0.3) is 0 Å². The Hall–Kier alpha value is -0.380. The first-order chi connectivity index (χ1) is 11.9. The summed E-state index contributed by atoms with van der Waals surface area (Å²) in [7, 11) is 4.25. The van der Waals surface area contributed by atoms with Crippen LogP contribution in [0.4, 0.5) is 0 Å². The first-order valence-corrected chi connectivity index (χ1v) is 10.3. The number of aliphatic imine (C=N–C) groups is 1. The maximum absolute atomic E-state index is 4.90. The summed E-state index contributed by atoms with van der Waals surface area (Å²) >= 11 is 1.80. The normalized spacial score (nSPS) is 22.5. The van der Waals surface area contributed by atoms with E-state index >= 15 is 0 Å². The van der Waals surface area contributed by atoms with Gasteiger partial charge in [-0.15, -0.1) is 35.3 Å². The Morgan fingerprint density at radius 2 is 2.12 bits per heavy atom. The van der Waals surface area contributed by atoms with Gasteiger partial charge in [0.25, 0.3) is 0 Å². The molecule has 1 saturated heterocycles. The maximum atomic E-state index is 4.90. The average molecular weight is 494 g/mol. The van der Waals surface area contributed by atoms with Crippen LogP contribution in [0.3, 0.4) is 0 Å². The molecule has 1 fully saturated rings. The molecule has 3 atom stereocenters. The summed E-state index contributed by atoms with van der Waals surface area (Å²) in [6.07, 6.45) is 0. The van der Waals surface area contributed by atoms with Gasteiger partial charge >= 0.3 is 0 Å². The van der Waals surface area contributed by atoms with Crippen molar-refractivity contribution < 1.29 is 0 Å². The van der Waals surface area contributed by atoms with E-state index < -0.39 is 0 Å². The van der Waals surface area contributed by atoms with Crippen LogP contribution in [-0.4, -0.2) is 68.1 Å². The van der Waals surface area contributed by atoms with Crippen LogP contribution in [0.15, 0.2) is 22.5 Å². The molecule has 0 spiro atoms. The van der Waals surface area contributed by atoms with E-state index in [9.17, 15) is 0 Å². The van der Waals surface area contributed by atoms with Gasteiger partial charge in [0.15, 0.2) is 5.96 Å². The minimum absolute atomic E-state index is 0. The predicted molar refractivity (Wildman–Crippen MR) is 125 cm³/mol. The van der Waals surface area contributed by atoms with Gasteiger partial charge in [-0.2, -0.15) is 0 Å². The number of likely N-dealkylation sites (N-methyl/N-ethyl adjacent to an activating group) is 1. The second-order valence-corrected chi connectivity index (χ2v) is 8.47. The largest absolute Gasteiger partial charge is 0.357 e. The highest BCUT2D eigenvalue weighted by Gasteiger charge is 2.31. The summed E-state index contributed by atoms with van der Waals surface area (Å²) in [5, 5.41) is 9.23. The third-order valence-corrected chi connectivity index (χ3v) is 5.93. The quantitative estimate of drug-likeness (QED) is 0.348. The van der Waals surface area contributed by atoms with E-state index in [2.05, 4.69) is 79.7 Å². The molecular weight excluding hydrogens is 457 g/mol. The van der Waals surface area contributed by atoms with E-state index in [0.29, 0.717) is 24.0 Å². The molecule has 0 bridgehead atoms. The number of nitrogens with one attached hydrogen (secondary N) is 2. The molecule has 1 aliphatic rings.